The largest absolute Gasteiger partial charge is 0.379 e. The molecule has 1 unspecified atom stereocenters. The van der Waals surface area contributed by atoms with Gasteiger partial charge in [0.05, 0.1) is 5.60 Å². The summed E-state index contributed by atoms with van der Waals surface area (Å²) in [6, 6.07) is 8.02. The Morgan fingerprint density at radius 3 is 2.67 bits per heavy atom. The second kappa shape index (κ2) is 7.13. The molecule has 1 rings (SSSR count). The van der Waals surface area contributed by atoms with Crippen LogP contribution in [0.5, 0.6) is 0 Å². The Morgan fingerprint density at radius 1 is 1.39 bits per heavy atom. The maximum Gasteiger partial charge on any atom is 0.0622 e. The maximum absolute atomic E-state index is 5.99. The predicted octanol–water partition coefficient (Wildman–Crippen LogP) is 3.66. The summed E-state index contributed by atoms with van der Waals surface area (Å²) in [6.45, 7) is 4.92. The topological polar surface area (TPSA) is 35.2 Å². The van der Waals surface area contributed by atoms with E-state index >= 15 is 0 Å². The molecule has 1 aromatic carbocycles. The van der Waals surface area contributed by atoms with E-state index in [2.05, 4.69) is 19.9 Å². The molecule has 0 saturated heterocycles. The molecule has 102 valence electrons. The van der Waals surface area contributed by atoms with Crippen LogP contribution in [0.4, 0.5) is 0 Å². The molecule has 0 amide bonds. The first-order chi connectivity index (χ1) is 8.46. The third kappa shape index (κ3) is 5.38. The van der Waals surface area contributed by atoms with Gasteiger partial charge in [-0.2, -0.15) is 0 Å². The van der Waals surface area contributed by atoms with Crippen molar-refractivity contribution in [2.75, 3.05) is 13.7 Å². The molecule has 0 bridgehead atoms. The van der Waals surface area contributed by atoms with Crippen LogP contribution in [0.1, 0.15) is 32.3 Å². The fourth-order valence-corrected chi connectivity index (χ4v) is 2.17. The van der Waals surface area contributed by atoms with Gasteiger partial charge in [-0.15, -0.1) is 0 Å². The molecule has 0 saturated carbocycles. The fraction of sp³-hybridized carbons (Fsp3) is 0.600. The summed E-state index contributed by atoms with van der Waals surface area (Å²) in [5.74, 6) is 0.484. The van der Waals surface area contributed by atoms with Crippen molar-refractivity contribution >= 4 is 11.6 Å². The zero-order chi connectivity index (χ0) is 13.6. The van der Waals surface area contributed by atoms with Crippen LogP contribution in [0.25, 0.3) is 0 Å². The number of ether oxygens (including phenoxy) is 1. The molecular weight excluding hydrogens is 246 g/mol. The lowest BCUT2D eigenvalue weighted by molar-refractivity contribution is 0.0106. The summed E-state index contributed by atoms with van der Waals surface area (Å²) in [5, 5.41) is 0.792. The van der Waals surface area contributed by atoms with Gasteiger partial charge in [-0.25, -0.2) is 0 Å². The highest BCUT2D eigenvalue weighted by molar-refractivity contribution is 6.30. The lowest BCUT2D eigenvalue weighted by atomic mass is 9.90. The normalized spacial score (nSPS) is 13.6. The van der Waals surface area contributed by atoms with Gasteiger partial charge >= 0.3 is 0 Å². The van der Waals surface area contributed by atoms with E-state index in [1.54, 1.807) is 7.11 Å². The van der Waals surface area contributed by atoms with Gasteiger partial charge in [-0.05, 0) is 63.3 Å². The monoisotopic (exact) mass is 269 g/mol. The van der Waals surface area contributed by atoms with Crippen molar-refractivity contribution in [2.45, 2.75) is 38.7 Å². The summed E-state index contributed by atoms with van der Waals surface area (Å²) < 4.78 is 5.44. The number of rotatable bonds is 7. The Morgan fingerprint density at radius 2 is 2.11 bits per heavy atom. The zero-order valence-electron chi connectivity index (χ0n) is 11.6. The average Bonchev–Trinajstić information content (AvgIpc) is 2.34. The van der Waals surface area contributed by atoms with Crippen molar-refractivity contribution in [3.8, 4) is 0 Å². The summed E-state index contributed by atoms with van der Waals surface area (Å²) in [4.78, 5) is 0. The van der Waals surface area contributed by atoms with Crippen molar-refractivity contribution in [3.05, 3.63) is 34.9 Å². The van der Waals surface area contributed by atoms with E-state index in [1.165, 1.54) is 5.56 Å². The molecule has 0 aliphatic rings. The predicted molar refractivity (Wildman–Crippen MR) is 78.0 cm³/mol. The smallest absolute Gasteiger partial charge is 0.0622 e. The molecule has 0 aromatic heterocycles. The molecule has 1 atom stereocenters. The van der Waals surface area contributed by atoms with Gasteiger partial charge < -0.3 is 10.5 Å². The summed E-state index contributed by atoms with van der Waals surface area (Å²) in [5.41, 5.74) is 7.05. The molecule has 0 spiro atoms. The van der Waals surface area contributed by atoms with E-state index in [4.69, 9.17) is 22.1 Å². The highest BCUT2D eigenvalue weighted by Crippen LogP contribution is 2.22. The molecule has 0 heterocycles. The first kappa shape index (κ1) is 15.5. The lowest BCUT2D eigenvalue weighted by Crippen LogP contribution is -2.26. The van der Waals surface area contributed by atoms with Crippen LogP contribution in [0.3, 0.4) is 0 Å². The van der Waals surface area contributed by atoms with Crippen LogP contribution in [0.2, 0.25) is 5.02 Å². The molecule has 2 N–H and O–H groups in total. The SMILES string of the molecule is COC(C)(C)CCC(CN)Cc1cccc(Cl)c1. The first-order valence-electron chi connectivity index (χ1n) is 6.46. The second-order valence-electron chi connectivity index (χ2n) is 5.44. The van der Waals surface area contributed by atoms with Crippen molar-refractivity contribution < 1.29 is 4.74 Å². The number of nitrogens with two attached hydrogens (primary N) is 1. The first-order valence-corrected chi connectivity index (χ1v) is 6.84. The van der Waals surface area contributed by atoms with E-state index in [-0.39, 0.29) is 5.60 Å². The van der Waals surface area contributed by atoms with E-state index in [0.717, 1.165) is 24.3 Å². The van der Waals surface area contributed by atoms with Gasteiger partial charge in [-0.1, -0.05) is 23.7 Å². The summed E-state index contributed by atoms with van der Waals surface area (Å²) in [7, 11) is 1.76. The minimum Gasteiger partial charge on any atom is -0.379 e. The summed E-state index contributed by atoms with van der Waals surface area (Å²) in [6.07, 6.45) is 3.08. The summed E-state index contributed by atoms with van der Waals surface area (Å²) >= 11 is 5.99. The molecular formula is C15H24ClNO. The van der Waals surface area contributed by atoms with Gasteiger partial charge in [-0.3, -0.25) is 0 Å². The highest BCUT2D eigenvalue weighted by Gasteiger charge is 2.18. The van der Waals surface area contributed by atoms with Crippen molar-refractivity contribution in [3.63, 3.8) is 0 Å². The van der Waals surface area contributed by atoms with Crippen molar-refractivity contribution in [1.29, 1.82) is 0 Å². The molecule has 0 aliphatic carbocycles. The third-order valence-electron chi connectivity index (χ3n) is 3.45. The minimum absolute atomic E-state index is 0.0677. The minimum atomic E-state index is -0.0677. The Hall–Kier alpha value is -0.570. The van der Waals surface area contributed by atoms with Crippen LogP contribution in [0, 0.1) is 5.92 Å². The number of hydrogen-bond donors (Lipinski definition) is 1. The van der Waals surface area contributed by atoms with Gasteiger partial charge in [0.15, 0.2) is 0 Å². The van der Waals surface area contributed by atoms with E-state index < -0.39 is 0 Å². The molecule has 0 fully saturated rings. The van der Waals surface area contributed by atoms with Crippen LogP contribution in [0.15, 0.2) is 24.3 Å². The number of halogens is 1. The van der Waals surface area contributed by atoms with E-state index in [0.29, 0.717) is 12.5 Å². The second-order valence-corrected chi connectivity index (χ2v) is 5.87. The van der Waals surface area contributed by atoms with Crippen LogP contribution in [-0.4, -0.2) is 19.3 Å². The van der Waals surface area contributed by atoms with Gasteiger partial charge in [0.2, 0.25) is 0 Å². The average molecular weight is 270 g/mol. The number of methoxy groups -OCH3 is 1. The van der Waals surface area contributed by atoms with Crippen molar-refractivity contribution in [2.24, 2.45) is 11.7 Å². The lowest BCUT2D eigenvalue weighted by Gasteiger charge is -2.25. The quantitative estimate of drug-likeness (QED) is 0.820. The fourth-order valence-electron chi connectivity index (χ4n) is 1.95. The zero-order valence-corrected chi connectivity index (χ0v) is 12.3. The van der Waals surface area contributed by atoms with Gasteiger partial charge in [0, 0.05) is 12.1 Å². The third-order valence-corrected chi connectivity index (χ3v) is 3.69. The Labute approximate surface area is 115 Å². The number of hydrogen-bond acceptors (Lipinski definition) is 2. The van der Waals surface area contributed by atoms with Crippen LogP contribution < -0.4 is 5.73 Å². The van der Waals surface area contributed by atoms with Gasteiger partial charge in [0.25, 0.3) is 0 Å². The molecule has 18 heavy (non-hydrogen) atoms. The molecule has 3 heteroatoms. The highest BCUT2D eigenvalue weighted by atomic mass is 35.5. The van der Waals surface area contributed by atoms with E-state index in [1.807, 2.05) is 18.2 Å². The molecule has 0 radical (unpaired) electrons. The Balaban J connectivity index is 2.52. The van der Waals surface area contributed by atoms with Gasteiger partial charge in [0.1, 0.15) is 0 Å². The maximum atomic E-state index is 5.99. The molecule has 1 aromatic rings. The number of benzene rings is 1. The molecule has 0 aliphatic heterocycles. The molecule has 2 nitrogen and oxygen atoms in total. The standard InChI is InChI=1S/C15H24ClNO/c1-15(2,18-3)8-7-13(11-17)9-12-5-4-6-14(16)10-12/h4-6,10,13H,7-9,11,17H2,1-3H3. The Kier molecular flexibility index (Phi) is 6.13. The van der Waals surface area contributed by atoms with E-state index in [9.17, 15) is 0 Å². The van der Waals surface area contributed by atoms with Crippen LogP contribution in [-0.2, 0) is 11.2 Å². The van der Waals surface area contributed by atoms with Crippen LogP contribution >= 0.6 is 11.6 Å². The van der Waals surface area contributed by atoms with Crippen molar-refractivity contribution in [1.82, 2.24) is 0 Å². The Bertz CT molecular complexity index is 365.